The number of ether oxygens (including phenoxy) is 1. The van der Waals surface area contributed by atoms with Crippen LogP contribution in [0.2, 0.25) is 0 Å². The second-order valence-corrected chi connectivity index (χ2v) is 6.75. The standard InChI is InChI=1S/C18H22O3S/c1-21-18-7-3-2-5-17(18)6-4-12-22(20)14-16-10-8-15(13-19)9-11-16/h2-3,5,7-11,19H,4,6,12-14H2,1H3. The van der Waals surface area contributed by atoms with Gasteiger partial charge in [0, 0.05) is 22.3 Å². The molecule has 118 valence electrons. The van der Waals surface area contributed by atoms with E-state index in [1.807, 2.05) is 42.5 Å². The minimum atomic E-state index is -0.865. The zero-order valence-electron chi connectivity index (χ0n) is 12.8. The second kappa shape index (κ2) is 8.71. The monoisotopic (exact) mass is 318 g/mol. The Morgan fingerprint density at radius 1 is 1.05 bits per heavy atom. The molecule has 2 aromatic carbocycles. The van der Waals surface area contributed by atoms with E-state index >= 15 is 0 Å². The molecule has 2 aromatic rings. The number of para-hydroxylation sites is 1. The molecule has 0 aromatic heterocycles. The second-order valence-electron chi connectivity index (χ2n) is 5.18. The molecule has 4 heteroatoms. The lowest BCUT2D eigenvalue weighted by Crippen LogP contribution is -2.03. The molecule has 0 aliphatic rings. The van der Waals surface area contributed by atoms with Gasteiger partial charge in [-0.2, -0.15) is 0 Å². The van der Waals surface area contributed by atoms with Gasteiger partial charge in [0.05, 0.1) is 13.7 Å². The first kappa shape index (κ1) is 16.7. The number of hydrogen-bond donors (Lipinski definition) is 1. The number of hydrogen-bond acceptors (Lipinski definition) is 3. The molecule has 22 heavy (non-hydrogen) atoms. The van der Waals surface area contributed by atoms with E-state index in [9.17, 15) is 4.21 Å². The van der Waals surface area contributed by atoms with Gasteiger partial charge in [0.2, 0.25) is 0 Å². The van der Waals surface area contributed by atoms with Gasteiger partial charge in [-0.1, -0.05) is 42.5 Å². The predicted molar refractivity (Wildman–Crippen MR) is 90.4 cm³/mol. The number of aliphatic hydroxyl groups excluding tert-OH is 1. The van der Waals surface area contributed by atoms with Gasteiger partial charge in [0.25, 0.3) is 0 Å². The third kappa shape index (κ3) is 4.97. The summed E-state index contributed by atoms with van der Waals surface area (Å²) in [4.78, 5) is 0. The molecule has 0 bridgehead atoms. The highest BCUT2D eigenvalue weighted by Crippen LogP contribution is 2.19. The Morgan fingerprint density at radius 3 is 2.41 bits per heavy atom. The SMILES string of the molecule is COc1ccccc1CCCS(=O)Cc1ccc(CO)cc1. The summed E-state index contributed by atoms with van der Waals surface area (Å²) < 4.78 is 17.5. The first-order chi connectivity index (χ1) is 10.7. The van der Waals surface area contributed by atoms with Crippen molar-refractivity contribution in [3.8, 4) is 5.75 Å². The van der Waals surface area contributed by atoms with Crippen LogP contribution in [0.1, 0.15) is 23.1 Å². The van der Waals surface area contributed by atoms with Gasteiger partial charge >= 0.3 is 0 Å². The smallest absolute Gasteiger partial charge is 0.122 e. The van der Waals surface area contributed by atoms with Crippen molar-refractivity contribution in [2.24, 2.45) is 0 Å². The Kier molecular flexibility index (Phi) is 6.62. The molecule has 0 saturated heterocycles. The number of rotatable bonds is 8. The Balaban J connectivity index is 1.80. The van der Waals surface area contributed by atoms with Crippen LogP contribution >= 0.6 is 0 Å². The summed E-state index contributed by atoms with van der Waals surface area (Å²) in [6, 6.07) is 15.6. The Morgan fingerprint density at radius 2 is 1.73 bits per heavy atom. The van der Waals surface area contributed by atoms with Gasteiger partial charge in [0.1, 0.15) is 5.75 Å². The fourth-order valence-electron chi connectivity index (χ4n) is 2.33. The fourth-order valence-corrected chi connectivity index (χ4v) is 3.51. The van der Waals surface area contributed by atoms with E-state index in [-0.39, 0.29) is 6.61 Å². The maximum absolute atomic E-state index is 12.1. The first-order valence-electron chi connectivity index (χ1n) is 7.38. The number of methoxy groups -OCH3 is 1. The maximum atomic E-state index is 12.1. The summed E-state index contributed by atoms with van der Waals surface area (Å²) >= 11 is 0. The molecule has 0 spiro atoms. The summed E-state index contributed by atoms with van der Waals surface area (Å²) in [5, 5.41) is 9.01. The number of aryl methyl sites for hydroxylation is 1. The lowest BCUT2D eigenvalue weighted by Gasteiger charge is -2.08. The largest absolute Gasteiger partial charge is 0.496 e. The van der Waals surface area contributed by atoms with E-state index in [0.29, 0.717) is 11.5 Å². The lowest BCUT2D eigenvalue weighted by molar-refractivity contribution is 0.282. The summed E-state index contributed by atoms with van der Waals surface area (Å²) in [6.07, 6.45) is 1.75. The van der Waals surface area contributed by atoms with Crippen LogP contribution in [0, 0.1) is 0 Å². The fraction of sp³-hybridized carbons (Fsp3) is 0.333. The maximum Gasteiger partial charge on any atom is 0.122 e. The van der Waals surface area contributed by atoms with E-state index in [2.05, 4.69) is 6.07 Å². The lowest BCUT2D eigenvalue weighted by atomic mass is 10.1. The number of benzene rings is 2. The minimum absolute atomic E-state index is 0.0439. The van der Waals surface area contributed by atoms with Crippen molar-refractivity contribution >= 4 is 10.8 Å². The highest BCUT2D eigenvalue weighted by atomic mass is 32.2. The molecule has 0 heterocycles. The van der Waals surface area contributed by atoms with Crippen molar-refractivity contribution in [1.82, 2.24) is 0 Å². The normalized spacial score (nSPS) is 12.1. The Bertz CT molecular complexity index is 608. The van der Waals surface area contributed by atoms with Gasteiger partial charge in [-0.25, -0.2) is 0 Å². The van der Waals surface area contributed by atoms with Crippen molar-refractivity contribution in [3.05, 3.63) is 65.2 Å². The molecular formula is C18H22O3S. The average molecular weight is 318 g/mol. The zero-order chi connectivity index (χ0) is 15.8. The van der Waals surface area contributed by atoms with E-state index in [1.165, 1.54) is 0 Å². The highest BCUT2D eigenvalue weighted by molar-refractivity contribution is 7.84. The Hall–Kier alpha value is -1.65. The molecular weight excluding hydrogens is 296 g/mol. The molecule has 3 nitrogen and oxygen atoms in total. The summed E-state index contributed by atoms with van der Waals surface area (Å²) in [5.74, 6) is 2.14. The van der Waals surface area contributed by atoms with Crippen LogP contribution in [0.4, 0.5) is 0 Å². The third-order valence-electron chi connectivity index (χ3n) is 3.54. The van der Waals surface area contributed by atoms with E-state index in [0.717, 1.165) is 35.3 Å². The zero-order valence-corrected chi connectivity index (χ0v) is 13.6. The van der Waals surface area contributed by atoms with Gasteiger partial charge in [-0.3, -0.25) is 4.21 Å². The van der Waals surface area contributed by atoms with Gasteiger partial charge < -0.3 is 9.84 Å². The van der Waals surface area contributed by atoms with Crippen molar-refractivity contribution in [2.75, 3.05) is 12.9 Å². The minimum Gasteiger partial charge on any atom is -0.496 e. The first-order valence-corrected chi connectivity index (χ1v) is 8.87. The molecule has 0 amide bonds. The number of aliphatic hydroxyl groups is 1. The molecule has 0 saturated carbocycles. The van der Waals surface area contributed by atoms with Crippen LogP contribution in [0.3, 0.4) is 0 Å². The molecule has 0 aliphatic heterocycles. The van der Waals surface area contributed by atoms with Crippen molar-refractivity contribution in [2.45, 2.75) is 25.2 Å². The summed E-state index contributed by atoms with van der Waals surface area (Å²) in [7, 11) is 0.809. The van der Waals surface area contributed by atoms with Crippen LogP contribution in [-0.2, 0) is 29.6 Å². The van der Waals surface area contributed by atoms with Crippen molar-refractivity contribution in [3.63, 3.8) is 0 Å². The van der Waals surface area contributed by atoms with Gasteiger partial charge in [-0.05, 0) is 35.6 Å². The van der Waals surface area contributed by atoms with Gasteiger partial charge in [0.15, 0.2) is 0 Å². The van der Waals surface area contributed by atoms with E-state index in [1.54, 1.807) is 7.11 Å². The topological polar surface area (TPSA) is 46.5 Å². The molecule has 1 N–H and O–H groups in total. The molecule has 0 fully saturated rings. The third-order valence-corrected chi connectivity index (χ3v) is 4.94. The van der Waals surface area contributed by atoms with Crippen LogP contribution in [0.25, 0.3) is 0 Å². The van der Waals surface area contributed by atoms with Crippen molar-refractivity contribution in [1.29, 1.82) is 0 Å². The van der Waals surface area contributed by atoms with Gasteiger partial charge in [-0.15, -0.1) is 0 Å². The predicted octanol–water partition coefficient (Wildman–Crippen LogP) is 3.07. The van der Waals surface area contributed by atoms with Crippen LogP contribution in [0.5, 0.6) is 5.75 Å². The van der Waals surface area contributed by atoms with E-state index in [4.69, 9.17) is 9.84 Å². The summed E-state index contributed by atoms with van der Waals surface area (Å²) in [6.45, 7) is 0.0439. The Labute approximate surface area is 134 Å². The van der Waals surface area contributed by atoms with Crippen LogP contribution in [-0.4, -0.2) is 22.2 Å². The van der Waals surface area contributed by atoms with E-state index < -0.39 is 10.8 Å². The molecule has 1 unspecified atom stereocenters. The van der Waals surface area contributed by atoms with Crippen molar-refractivity contribution < 1.29 is 14.1 Å². The van der Waals surface area contributed by atoms with Crippen LogP contribution < -0.4 is 4.74 Å². The quantitative estimate of drug-likeness (QED) is 0.813. The molecule has 0 aliphatic carbocycles. The molecule has 0 radical (unpaired) electrons. The molecule has 1 atom stereocenters. The average Bonchev–Trinajstić information content (AvgIpc) is 2.56. The summed E-state index contributed by atoms with van der Waals surface area (Å²) in [5.41, 5.74) is 3.09. The molecule has 2 rings (SSSR count). The highest BCUT2D eigenvalue weighted by Gasteiger charge is 2.05. The van der Waals surface area contributed by atoms with Crippen LogP contribution in [0.15, 0.2) is 48.5 Å².